The summed E-state index contributed by atoms with van der Waals surface area (Å²) in [6.45, 7) is 0. The Bertz CT molecular complexity index is 1060. The lowest BCUT2D eigenvalue weighted by Crippen LogP contribution is -1.83. The second kappa shape index (κ2) is 7.06. The van der Waals surface area contributed by atoms with Crippen molar-refractivity contribution < 1.29 is 4.74 Å². The zero-order valence-electron chi connectivity index (χ0n) is 14.5. The van der Waals surface area contributed by atoms with Crippen LogP contribution in [0.15, 0.2) is 72.8 Å². The number of hydrogen-bond acceptors (Lipinski definition) is 3. The zero-order chi connectivity index (χ0) is 17.9. The number of fused-ring (bicyclic) bond motifs is 1. The Balaban J connectivity index is 1.82. The molecule has 0 saturated heterocycles. The summed E-state index contributed by atoms with van der Waals surface area (Å²) in [6, 6.07) is 24.7. The molecule has 0 aliphatic rings. The monoisotopic (exact) mass is 357 g/mol. The largest absolute Gasteiger partial charge is 0.497 e. The molecule has 3 heteroatoms. The zero-order valence-corrected chi connectivity index (χ0v) is 15.3. The van der Waals surface area contributed by atoms with E-state index in [4.69, 9.17) is 10.5 Å². The number of methoxy groups -OCH3 is 1. The Labute approximate surface area is 157 Å². The molecule has 0 bridgehead atoms. The highest BCUT2D eigenvalue weighted by molar-refractivity contribution is 7.22. The van der Waals surface area contributed by atoms with E-state index in [1.807, 2.05) is 47.7 Å². The molecular formula is C23H19NOS. The molecule has 26 heavy (non-hydrogen) atoms. The van der Waals surface area contributed by atoms with E-state index in [1.54, 1.807) is 7.11 Å². The summed E-state index contributed by atoms with van der Waals surface area (Å²) >= 11 is 1.82. The van der Waals surface area contributed by atoms with E-state index < -0.39 is 0 Å². The summed E-state index contributed by atoms with van der Waals surface area (Å²) < 4.78 is 6.58. The molecule has 0 atom stereocenters. The molecule has 4 aromatic rings. The van der Waals surface area contributed by atoms with Crippen LogP contribution < -0.4 is 10.5 Å². The molecule has 0 spiro atoms. The van der Waals surface area contributed by atoms with Crippen LogP contribution in [0.5, 0.6) is 5.75 Å². The lowest BCUT2D eigenvalue weighted by atomic mass is 10.0. The van der Waals surface area contributed by atoms with E-state index in [0.717, 1.165) is 17.0 Å². The van der Waals surface area contributed by atoms with E-state index in [2.05, 4.69) is 48.6 Å². The average Bonchev–Trinajstić information content (AvgIpc) is 3.06. The average molecular weight is 357 g/mol. The number of benzene rings is 3. The number of nitrogens with two attached hydrogens (primary N) is 1. The van der Waals surface area contributed by atoms with Crippen molar-refractivity contribution in [1.29, 1.82) is 0 Å². The SMILES string of the molecule is COc1ccc(-c2sc3ccccc3c2/C=C/c2ccc(N)cc2)cc1. The minimum atomic E-state index is 0.780. The summed E-state index contributed by atoms with van der Waals surface area (Å²) in [5.74, 6) is 0.869. The molecule has 128 valence electrons. The van der Waals surface area contributed by atoms with E-state index >= 15 is 0 Å². The minimum absolute atomic E-state index is 0.780. The van der Waals surface area contributed by atoms with E-state index in [1.165, 1.54) is 26.1 Å². The van der Waals surface area contributed by atoms with Gasteiger partial charge in [-0.1, -0.05) is 42.5 Å². The molecule has 2 N–H and O–H groups in total. The predicted molar refractivity (Wildman–Crippen MR) is 114 cm³/mol. The van der Waals surface area contributed by atoms with Gasteiger partial charge in [0.1, 0.15) is 5.75 Å². The van der Waals surface area contributed by atoms with Gasteiger partial charge in [-0.05, 0) is 53.6 Å². The lowest BCUT2D eigenvalue weighted by Gasteiger charge is -2.03. The highest BCUT2D eigenvalue weighted by Crippen LogP contribution is 2.40. The van der Waals surface area contributed by atoms with Crippen molar-refractivity contribution in [3.8, 4) is 16.2 Å². The van der Waals surface area contributed by atoms with Gasteiger partial charge >= 0.3 is 0 Å². The molecule has 4 rings (SSSR count). The van der Waals surface area contributed by atoms with Crippen molar-refractivity contribution in [2.45, 2.75) is 0 Å². The molecule has 0 unspecified atom stereocenters. The Hall–Kier alpha value is -3.04. The van der Waals surface area contributed by atoms with Gasteiger partial charge in [-0.25, -0.2) is 0 Å². The quantitative estimate of drug-likeness (QED) is 0.433. The summed E-state index contributed by atoms with van der Waals surface area (Å²) in [7, 11) is 1.69. The van der Waals surface area contributed by atoms with Crippen LogP contribution in [-0.4, -0.2) is 7.11 Å². The van der Waals surface area contributed by atoms with Gasteiger partial charge in [-0.15, -0.1) is 11.3 Å². The Morgan fingerprint density at radius 2 is 1.58 bits per heavy atom. The van der Waals surface area contributed by atoms with Gasteiger partial charge in [-0.2, -0.15) is 0 Å². The Morgan fingerprint density at radius 3 is 2.31 bits per heavy atom. The predicted octanol–water partition coefficient (Wildman–Crippen LogP) is 6.33. The van der Waals surface area contributed by atoms with Crippen LogP contribution in [0.1, 0.15) is 11.1 Å². The minimum Gasteiger partial charge on any atom is -0.497 e. The van der Waals surface area contributed by atoms with Crippen LogP contribution in [0.2, 0.25) is 0 Å². The van der Waals surface area contributed by atoms with Crippen molar-refractivity contribution in [3.05, 3.63) is 83.9 Å². The maximum absolute atomic E-state index is 5.78. The first-order valence-corrected chi connectivity index (χ1v) is 9.26. The molecule has 0 aliphatic heterocycles. The number of hydrogen-bond donors (Lipinski definition) is 1. The molecule has 3 aromatic carbocycles. The molecular weight excluding hydrogens is 338 g/mol. The standard InChI is InChI=1S/C23H19NOS/c1-25-19-13-9-17(10-14-19)23-21(20-4-2-3-5-22(20)26-23)15-8-16-6-11-18(24)12-7-16/h2-15H,24H2,1H3/b15-8+. The maximum Gasteiger partial charge on any atom is 0.118 e. The summed E-state index contributed by atoms with van der Waals surface area (Å²) in [4.78, 5) is 1.26. The first kappa shape index (κ1) is 16.4. The van der Waals surface area contributed by atoms with Crippen LogP contribution in [0, 0.1) is 0 Å². The van der Waals surface area contributed by atoms with Crippen LogP contribution >= 0.6 is 11.3 Å². The fraction of sp³-hybridized carbons (Fsp3) is 0.0435. The van der Waals surface area contributed by atoms with Crippen molar-refractivity contribution >= 4 is 39.3 Å². The molecule has 2 nitrogen and oxygen atoms in total. The van der Waals surface area contributed by atoms with Crippen molar-refractivity contribution in [1.82, 2.24) is 0 Å². The van der Waals surface area contributed by atoms with Crippen LogP contribution in [0.4, 0.5) is 5.69 Å². The van der Waals surface area contributed by atoms with Crippen molar-refractivity contribution in [3.63, 3.8) is 0 Å². The summed E-state index contributed by atoms with van der Waals surface area (Å²) in [6.07, 6.45) is 4.34. The molecule has 0 aliphatic carbocycles. The fourth-order valence-electron chi connectivity index (χ4n) is 2.97. The lowest BCUT2D eigenvalue weighted by molar-refractivity contribution is 0.415. The van der Waals surface area contributed by atoms with Crippen LogP contribution in [0.3, 0.4) is 0 Å². The van der Waals surface area contributed by atoms with E-state index in [0.29, 0.717) is 0 Å². The molecule has 0 saturated carbocycles. The third-order valence-corrected chi connectivity index (χ3v) is 5.60. The third-order valence-electron chi connectivity index (χ3n) is 4.37. The number of thiophene rings is 1. The smallest absolute Gasteiger partial charge is 0.118 e. The molecule has 0 radical (unpaired) electrons. The number of nitrogen functional groups attached to an aromatic ring is 1. The third kappa shape index (κ3) is 3.22. The number of anilines is 1. The summed E-state index contributed by atoms with van der Waals surface area (Å²) in [5.41, 5.74) is 10.1. The van der Waals surface area contributed by atoms with Gasteiger partial charge in [0.2, 0.25) is 0 Å². The Kier molecular flexibility index (Phi) is 4.46. The first-order valence-electron chi connectivity index (χ1n) is 8.44. The Morgan fingerprint density at radius 1 is 0.846 bits per heavy atom. The second-order valence-electron chi connectivity index (χ2n) is 6.07. The highest BCUT2D eigenvalue weighted by Gasteiger charge is 2.11. The van der Waals surface area contributed by atoms with Gasteiger partial charge in [0.25, 0.3) is 0 Å². The van der Waals surface area contributed by atoms with Crippen molar-refractivity contribution in [2.75, 3.05) is 12.8 Å². The number of ether oxygens (including phenoxy) is 1. The second-order valence-corrected chi connectivity index (χ2v) is 7.12. The van der Waals surface area contributed by atoms with Crippen molar-refractivity contribution in [2.24, 2.45) is 0 Å². The first-order chi connectivity index (χ1) is 12.7. The van der Waals surface area contributed by atoms with Gasteiger partial charge < -0.3 is 10.5 Å². The molecule has 0 amide bonds. The van der Waals surface area contributed by atoms with E-state index in [9.17, 15) is 0 Å². The molecule has 1 heterocycles. The van der Waals surface area contributed by atoms with Crippen LogP contribution in [-0.2, 0) is 0 Å². The highest BCUT2D eigenvalue weighted by atomic mass is 32.1. The molecule has 1 aromatic heterocycles. The number of rotatable bonds is 4. The van der Waals surface area contributed by atoms with Crippen LogP contribution in [0.25, 0.3) is 32.7 Å². The van der Waals surface area contributed by atoms with E-state index in [-0.39, 0.29) is 0 Å². The fourth-order valence-corrected chi connectivity index (χ4v) is 4.17. The van der Waals surface area contributed by atoms with Gasteiger partial charge in [0, 0.05) is 26.2 Å². The topological polar surface area (TPSA) is 35.2 Å². The molecule has 0 fully saturated rings. The van der Waals surface area contributed by atoms with Gasteiger partial charge in [0.05, 0.1) is 7.11 Å². The normalized spacial score (nSPS) is 11.3. The summed E-state index contributed by atoms with van der Waals surface area (Å²) in [5, 5.41) is 1.27. The van der Waals surface area contributed by atoms with Gasteiger partial charge in [0.15, 0.2) is 0 Å². The maximum atomic E-state index is 5.78. The van der Waals surface area contributed by atoms with Gasteiger partial charge in [-0.3, -0.25) is 0 Å².